The van der Waals surface area contributed by atoms with Crippen molar-refractivity contribution in [2.45, 2.75) is 19.6 Å². The molecule has 14 heavy (non-hydrogen) atoms. The topological polar surface area (TPSA) is 37.8 Å². The summed E-state index contributed by atoms with van der Waals surface area (Å²) in [6.07, 6.45) is 3.48. The first-order valence-corrected chi connectivity index (χ1v) is 8.04. The summed E-state index contributed by atoms with van der Waals surface area (Å²) in [5.74, 6) is 3.72. The zero-order valence-electron chi connectivity index (χ0n) is 9.05. The number of aromatic nitrogens is 2. The van der Waals surface area contributed by atoms with E-state index in [0.717, 1.165) is 5.56 Å². The summed E-state index contributed by atoms with van der Waals surface area (Å²) >= 11 is 0. The average Bonchev–Trinajstić information content (AvgIpc) is 2.14. The van der Waals surface area contributed by atoms with E-state index in [4.69, 9.17) is 0 Å². The van der Waals surface area contributed by atoms with Crippen molar-refractivity contribution in [3.63, 3.8) is 0 Å². The van der Waals surface area contributed by atoms with Crippen LogP contribution in [-0.2, 0) is 0 Å². The third kappa shape index (κ3) is 3.58. The van der Waals surface area contributed by atoms with E-state index in [-0.39, 0.29) is 0 Å². The predicted molar refractivity (Wildman–Crippen MR) is 61.8 cm³/mol. The van der Waals surface area contributed by atoms with Crippen molar-refractivity contribution in [2.24, 2.45) is 0 Å². The van der Waals surface area contributed by atoms with Crippen molar-refractivity contribution in [3.05, 3.63) is 18.0 Å². The molecule has 1 rings (SSSR count). The fraction of sp³-hybridized carbons (Fsp3) is 0.400. The fourth-order valence-electron chi connectivity index (χ4n) is 0.781. The molecule has 0 saturated carbocycles. The Bertz CT molecular complexity index is 354. The van der Waals surface area contributed by atoms with Gasteiger partial charge in [0.25, 0.3) is 0 Å². The van der Waals surface area contributed by atoms with Gasteiger partial charge in [-0.15, -0.1) is 5.54 Å². The van der Waals surface area contributed by atoms with E-state index in [1.54, 1.807) is 19.4 Å². The lowest BCUT2D eigenvalue weighted by atomic mass is 10.4. The summed E-state index contributed by atoms with van der Waals surface area (Å²) in [6, 6.07) is 0. The zero-order chi connectivity index (χ0) is 10.6. The highest BCUT2D eigenvalue weighted by Crippen LogP contribution is 2.00. The van der Waals surface area contributed by atoms with Crippen molar-refractivity contribution < 1.29 is 0 Å². The van der Waals surface area contributed by atoms with Crippen LogP contribution in [0.5, 0.6) is 0 Å². The normalized spacial score (nSPS) is 10.3. The Kier molecular flexibility index (Phi) is 3.26. The van der Waals surface area contributed by atoms with Crippen LogP contribution in [0.4, 0.5) is 5.95 Å². The van der Waals surface area contributed by atoms with E-state index in [2.05, 4.69) is 46.4 Å². The molecule has 4 heteroatoms. The van der Waals surface area contributed by atoms with Gasteiger partial charge < -0.3 is 5.32 Å². The van der Waals surface area contributed by atoms with Gasteiger partial charge in [-0.25, -0.2) is 9.97 Å². The summed E-state index contributed by atoms with van der Waals surface area (Å²) < 4.78 is 0. The van der Waals surface area contributed by atoms with E-state index >= 15 is 0 Å². The Hall–Kier alpha value is -1.34. The van der Waals surface area contributed by atoms with E-state index in [1.165, 1.54) is 0 Å². The monoisotopic (exact) mass is 205 g/mol. The van der Waals surface area contributed by atoms with Crippen molar-refractivity contribution >= 4 is 14.0 Å². The standard InChI is InChI=1S/C10H15N3Si/c1-11-10-12-7-9(8-13-10)5-6-14(2,3)4/h7-8H,1-4H3,(H,11,12,13). The van der Waals surface area contributed by atoms with E-state index < -0.39 is 8.07 Å². The molecule has 0 unspecified atom stereocenters. The van der Waals surface area contributed by atoms with Gasteiger partial charge in [-0.3, -0.25) is 0 Å². The van der Waals surface area contributed by atoms with E-state index in [1.807, 2.05) is 0 Å². The quantitative estimate of drug-likeness (QED) is 0.560. The second-order valence-corrected chi connectivity index (χ2v) is 8.80. The van der Waals surface area contributed by atoms with Gasteiger partial charge in [0, 0.05) is 19.4 Å². The number of anilines is 1. The molecule has 0 aromatic carbocycles. The maximum Gasteiger partial charge on any atom is 0.222 e. The lowest BCUT2D eigenvalue weighted by molar-refractivity contribution is 1.14. The third-order valence-electron chi connectivity index (χ3n) is 1.46. The van der Waals surface area contributed by atoms with E-state index in [0.29, 0.717) is 5.95 Å². The summed E-state index contributed by atoms with van der Waals surface area (Å²) in [4.78, 5) is 8.18. The van der Waals surface area contributed by atoms with Crippen molar-refractivity contribution in [2.75, 3.05) is 12.4 Å². The molecule has 1 N–H and O–H groups in total. The fourth-order valence-corrected chi connectivity index (χ4v) is 1.30. The number of hydrogen-bond acceptors (Lipinski definition) is 3. The van der Waals surface area contributed by atoms with E-state index in [9.17, 15) is 0 Å². The zero-order valence-corrected chi connectivity index (χ0v) is 10.0. The first-order valence-electron chi connectivity index (χ1n) is 4.54. The summed E-state index contributed by atoms with van der Waals surface area (Å²) in [5.41, 5.74) is 4.15. The SMILES string of the molecule is CNc1ncc(C#C[Si](C)(C)C)cn1. The molecule has 0 bridgehead atoms. The van der Waals surface area contributed by atoms with Crippen LogP contribution in [0.3, 0.4) is 0 Å². The van der Waals surface area contributed by atoms with Gasteiger partial charge in [-0.2, -0.15) is 0 Å². The first kappa shape index (κ1) is 10.7. The van der Waals surface area contributed by atoms with Gasteiger partial charge in [0.05, 0.1) is 5.56 Å². The molecule has 0 radical (unpaired) electrons. The van der Waals surface area contributed by atoms with Gasteiger partial charge >= 0.3 is 0 Å². The van der Waals surface area contributed by atoms with Crippen LogP contribution < -0.4 is 5.32 Å². The molecule has 0 atom stereocenters. The highest BCUT2D eigenvalue weighted by atomic mass is 28.3. The van der Waals surface area contributed by atoms with Gasteiger partial charge in [-0.1, -0.05) is 25.6 Å². The smallest absolute Gasteiger partial charge is 0.222 e. The number of hydrogen-bond donors (Lipinski definition) is 1. The Morgan fingerprint density at radius 3 is 2.21 bits per heavy atom. The molecule has 74 valence electrons. The number of rotatable bonds is 1. The predicted octanol–water partition coefficient (Wildman–Crippen LogP) is 1.75. The summed E-state index contributed by atoms with van der Waals surface area (Å²) in [5, 5.41) is 2.86. The molecule has 0 aliphatic heterocycles. The third-order valence-corrected chi connectivity index (χ3v) is 2.33. The van der Waals surface area contributed by atoms with Crippen molar-refractivity contribution in [1.29, 1.82) is 0 Å². The van der Waals surface area contributed by atoms with Crippen LogP contribution in [0.2, 0.25) is 19.6 Å². The largest absolute Gasteiger partial charge is 0.357 e. The van der Waals surface area contributed by atoms with Crippen molar-refractivity contribution in [1.82, 2.24) is 9.97 Å². The van der Waals surface area contributed by atoms with Gasteiger partial charge in [-0.05, 0) is 0 Å². The van der Waals surface area contributed by atoms with Gasteiger partial charge in [0.2, 0.25) is 5.95 Å². The minimum atomic E-state index is -1.29. The molecule has 0 saturated heterocycles. The van der Waals surface area contributed by atoms with Crippen LogP contribution >= 0.6 is 0 Å². The Labute approximate surface area is 86.0 Å². The summed E-state index contributed by atoms with van der Waals surface area (Å²) in [6.45, 7) is 6.63. The Morgan fingerprint density at radius 1 is 1.21 bits per heavy atom. The second-order valence-electron chi connectivity index (χ2n) is 4.05. The molecule has 0 aliphatic carbocycles. The Balaban J connectivity index is 2.82. The first-order chi connectivity index (χ1) is 6.51. The van der Waals surface area contributed by atoms with Crippen LogP contribution in [0.25, 0.3) is 0 Å². The minimum Gasteiger partial charge on any atom is -0.357 e. The molecule has 1 aromatic heterocycles. The highest BCUT2D eigenvalue weighted by Gasteiger charge is 2.07. The average molecular weight is 205 g/mol. The van der Waals surface area contributed by atoms with Crippen LogP contribution in [-0.4, -0.2) is 25.1 Å². The lowest BCUT2D eigenvalue weighted by Gasteiger charge is -2.03. The van der Waals surface area contributed by atoms with Crippen LogP contribution in [0.1, 0.15) is 5.56 Å². The molecule has 0 spiro atoms. The number of nitrogens with zero attached hydrogens (tertiary/aromatic N) is 2. The minimum absolute atomic E-state index is 0.628. The summed E-state index contributed by atoms with van der Waals surface area (Å²) in [7, 11) is 0.500. The van der Waals surface area contributed by atoms with Crippen molar-refractivity contribution in [3.8, 4) is 11.5 Å². The Morgan fingerprint density at radius 2 is 1.79 bits per heavy atom. The molecule has 3 nitrogen and oxygen atoms in total. The molecule has 1 aromatic rings. The maximum absolute atomic E-state index is 4.09. The highest BCUT2D eigenvalue weighted by molar-refractivity contribution is 6.83. The lowest BCUT2D eigenvalue weighted by Crippen LogP contribution is -2.16. The molecule has 0 aliphatic rings. The van der Waals surface area contributed by atoms with Crippen LogP contribution in [0, 0.1) is 11.5 Å². The van der Waals surface area contributed by atoms with Gasteiger partial charge in [0.15, 0.2) is 0 Å². The molecule has 1 heterocycles. The van der Waals surface area contributed by atoms with Crippen LogP contribution in [0.15, 0.2) is 12.4 Å². The maximum atomic E-state index is 4.09. The molecule has 0 amide bonds. The number of nitrogens with one attached hydrogen (secondary N) is 1. The molecule has 0 fully saturated rings. The van der Waals surface area contributed by atoms with Gasteiger partial charge in [0.1, 0.15) is 8.07 Å². The second kappa shape index (κ2) is 4.25. The molecular weight excluding hydrogens is 190 g/mol. The molecular formula is C10H15N3Si.